The van der Waals surface area contributed by atoms with Crippen molar-refractivity contribution in [1.29, 1.82) is 0 Å². The van der Waals surface area contributed by atoms with Crippen LogP contribution in [0.5, 0.6) is 0 Å². The van der Waals surface area contributed by atoms with E-state index in [1.165, 1.54) is 15.0 Å². The van der Waals surface area contributed by atoms with Crippen molar-refractivity contribution < 1.29 is 4.74 Å². The monoisotopic (exact) mass is 289 g/mol. The summed E-state index contributed by atoms with van der Waals surface area (Å²) in [5.41, 5.74) is 6.08. The number of benzene rings is 1. The van der Waals surface area contributed by atoms with Crippen LogP contribution >= 0.6 is 11.3 Å². The SMILES string of the molecule is CC1CN(C(N)=NCc2cc3ccccc3s2)CCO1. The summed E-state index contributed by atoms with van der Waals surface area (Å²) in [6, 6.07) is 10.6. The molecule has 0 bridgehead atoms. The van der Waals surface area contributed by atoms with E-state index >= 15 is 0 Å². The van der Waals surface area contributed by atoms with E-state index in [2.05, 4.69) is 47.1 Å². The van der Waals surface area contributed by atoms with Crippen molar-refractivity contribution in [2.75, 3.05) is 19.7 Å². The molecule has 2 N–H and O–H groups in total. The molecule has 106 valence electrons. The van der Waals surface area contributed by atoms with E-state index < -0.39 is 0 Å². The van der Waals surface area contributed by atoms with Crippen LogP contribution in [-0.2, 0) is 11.3 Å². The Balaban J connectivity index is 1.69. The lowest BCUT2D eigenvalue weighted by Crippen LogP contribution is -2.47. The van der Waals surface area contributed by atoms with Gasteiger partial charge in [-0.1, -0.05) is 18.2 Å². The number of nitrogens with two attached hydrogens (primary N) is 1. The molecule has 2 aromatic rings. The summed E-state index contributed by atoms with van der Waals surface area (Å²) in [5, 5.41) is 1.28. The van der Waals surface area contributed by atoms with E-state index in [1.807, 2.05) is 0 Å². The largest absolute Gasteiger partial charge is 0.375 e. The van der Waals surface area contributed by atoms with E-state index in [4.69, 9.17) is 10.5 Å². The van der Waals surface area contributed by atoms with Gasteiger partial charge in [0.25, 0.3) is 0 Å². The maximum Gasteiger partial charge on any atom is 0.191 e. The molecule has 0 aliphatic carbocycles. The van der Waals surface area contributed by atoms with Gasteiger partial charge in [-0.15, -0.1) is 11.3 Å². The number of nitrogens with zero attached hydrogens (tertiary/aromatic N) is 2. The van der Waals surface area contributed by atoms with Crippen molar-refractivity contribution in [1.82, 2.24) is 4.90 Å². The summed E-state index contributed by atoms with van der Waals surface area (Å²) in [5.74, 6) is 0.623. The third kappa shape index (κ3) is 2.94. The highest BCUT2D eigenvalue weighted by Gasteiger charge is 2.17. The Morgan fingerprint density at radius 1 is 1.50 bits per heavy atom. The van der Waals surface area contributed by atoms with Crippen LogP contribution < -0.4 is 5.73 Å². The second kappa shape index (κ2) is 5.81. The molecule has 0 spiro atoms. The van der Waals surface area contributed by atoms with Gasteiger partial charge in [0.1, 0.15) is 0 Å². The van der Waals surface area contributed by atoms with Gasteiger partial charge >= 0.3 is 0 Å². The number of ether oxygens (including phenoxy) is 1. The molecule has 1 saturated heterocycles. The Kier molecular flexibility index (Phi) is 3.89. The fourth-order valence-corrected chi connectivity index (χ4v) is 3.39. The molecule has 1 unspecified atom stereocenters. The van der Waals surface area contributed by atoms with Gasteiger partial charge in [-0.25, -0.2) is 4.99 Å². The number of hydrogen-bond donors (Lipinski definition) is 1. The molecule has 0 radical (unpaired) electrons. The number of thiophene rings is 1. The van der Waals surface area contributed by atoms with Crippen molar-refractivity contribution in [2.24, 2.45) is 10.7 Å². The normalized spacial score (nSPS) is 20.6. The lowest BCUT2D eigenvalue weighted by atomic mass is 10.2. The minimum Gasteiger partial charge on any atom is -0.375 e. The second-order valence-electron chi connectivity index (χ2n) is 5.05. The Morgan fingerprint density at radius 3 is 3.15 bits per heavy atom. The molecule has 5 heteroatoms. The summed E-state index contributed by atoms with van der Waals surface area (Å²) < 4.78 is 6.81. The van der Waals surface area contributed by atoms with Crippen molar-refractivity contribution in [3.8, 4) is 0 Å². The van der Waals surface area contributed by atoms with Crippen LogP contribution in [-0.4, -0.2) is 36.7 Å². The average Bonchev–Trinajstić information content (AvgIpc) is 2.87. The van der Waals surface area contributed by atoms with Crippen molar-refractivity contribution in [3.05, 3.63) is 35.2 Å². The molecule has 4 nitrogen and oxygen atoms in total. The Labute approximate surface area is 122 Å². The fourth-order valence-electron chi connectivity index (χ4n) is 2.40. The molecule has 1 aromatic carbocycles. The van der Waals surface area contributed by atoms with Crippen LogP contribution in [0.4, 0.5) is 0 Å². The third-order valence-corrected chi connectivity index (χ3v) is 4.54. The molecule has 2 heterocycles. The van der Waals surface area contributed by atoms with E-state index in [0.29, 0.717) is 12.5 Å². The molecular weight excluding hydrogens is 270 g/mol. The van der Waals surface area contributed by atoms with Crippen LogP contribution in [0, 0.1) is 0 Å². The van der Waals surface area contributed by atoms with Gasteiger partial charge in [-0.05, 0) is 24.4 Å². The summed E-state index contributed by atoms with van der Waals surface area (Å²) >= 11 is 1.78. The summed E-state index contributed by atoms with van der Waals surface area (Å²) in [7, 11) is 0. The lowest BCUT2D eigenvalue weighted by molar-refractivity contribution is 0.00529. The predicted octanol–water partition coefficient (Wildman–Crippen LogP) is 2.44. The topological polar surface area (TPSA) is 50.8 Å². The first-order valence-corrected chi connectivity index (χ1v) is 7.68. The zero-order chi connectivity index (χ0) is 13.9. The van der Waals surface area contributed by atoms with Gasteiger partial charge in [0.15, 0.2) is 5.96 Å². The van der Waals surface area contributed by atoms with Gasteiger partial charge in [0.05, 0.1) is 19.3 Å². The number of aliphatic imine (C=N–C) groups is 1. The van der Waals surface area contributed by atoms with Crippen molar-refractivity contribution in [2.45, 2.75) is 19.6 Å². The molecule has 3 rings (SSSR count). The van der Waals surface area contributed by atoms with Gasteiger partial charge in [-0.3, -0.25) is 0 Å². The number of hydrogen-bond acceptors (Lipinski definition) is 3. The minimum atomic E-state index is 0.224. The molecule has 1 atom stereocenters. The summed E-state index contributed by atoms with van der Waals surface area (Å²) in [4.78, 5) is 7.87. The number of morpholine rings is 1. The van der Waals surface area contributed by atoms with E-state index in [1.54, 1.807) is 11.3 Å². The maximum atomic E-state index is 6.08. The molecule has 1 aromatic heterocycles. The molecule has 1 aliphatic heterocycles. The van der Waals surface area contributed by atoms with Gasteiger partial charge in [0, 0.05) is 22.7 Å². The highest BCUT2D eigenvalue weighted by atomic mass is 32.1. The summed E-state index contributed by atoms with van der Waals surface area (Å²) in [6.07, 6.45) is 0.224. The van der Waals surface area contributed by atoms with Crippen molar-refractivity contribution in [3.63, 3.8) is 0 Å². The van der Waals surface area contributed by atoms with Crippen LogP contribution in [0.25, 0.3) is 10.1 Å². The number of rotatable bonds is 2. The molecule has 20 heavy (non-hydrogen) atoms. The standard InChI is InChI=1S/C15H19N3OS/c1-11-10-18(6-7-19-11)15(16)17-9-13-8-12-4-2-3-5-14(12)20-13/h2-5,8,11H,6-7,9-10H2,1H3,(H2,16,17). The smallest absolute Gasteiger partial charge is 0.191 e. The fraction of sp³-hybridized carbons (Fsp3) is 0.400. The third-order valence-electron chi connectivity index (χ3n) is 3.44. The molecule has 1 fully saturated rings. The highest BCUT2D eigenvalue weighted by molar-refractivity contribution is 7.19. The van der Waals surface area contributed by atoms with E-state index in [-0.39, 0.29) is 6.10 Å². The van der Waals surface area contributed by atoms with E-state index in [0.717, 1.165) is 19.7 Å². The number of fused-ring (bicyclic) bond motifs is 1. The first kappa shape index (κ1) is 13.4. The average molecular weight is 289 g/mol. The Morgan fingerprint density at radius 2 is 2.35 bits per heavy atom. The van der Waals surface area contributed by atoms with Gasteiger partial charge in [-0.2, -0.15) is 0 Å². The first-order chi connectivity index (χ1) is 9.72. The van der Waals surface area contributed by atoms with Crippen LogP contribution in [0.2, 0.25) is 0 Å². The Bertz CT molecular complexity index is 589. The lowest BCUT2D eigenvalue weighted by Gasteiger charge is -2.31. The van der Waals surface area contributed by atoms with Gasteiger partial charge in [0.2, 0.25) is 0 Å². The molecule has 0 saturated carbocycles. The first-order valence-electron chi connectivity index (χ1n) is 6.86. The van der Waals surface area contributed by atoms with E-state index in [9.17, 15) is 0 Å². The van der Waals surface area contributed by atoms with Crippen LogP contribution in [0.15, 0.2) is 35.3 Å². The molecule has 1 aliphatic rings. The van der Waals surface area contributed by atoms with Crippen molar-refractivity contribution >= 4 is 27.4 Å². The number of guanidine groups is 1. The highest BCUT2D eigenvalue weighted by Crippen LogP contribution is 2.25. The molecule has 0 amide bonds. The zero-order valence-electron chi connectivity index (χ0n) is 11.6. The predicted molar refractivity (Wildman–Crippen MR) is 84.1 cm³/mol. The zero-order valence-corrected chi connectivity index (χ0v) is 12.4. The second-order valence-corrected chi connectivity index (χ2v) is 6.22. The van der Waals surface area contributed by atoms with Crippen LogP contribution in [0.3, 0.4) is 0 Å². The minimum absolute atomic E-state index is 0.224. The maximum absolute atomic E-state index is 6.08. The quantitative estimate of drug-likeness (QED) is 0.682. The van der Waals surface area contributed by atoms with Crippen LogP contribution in [0.1, 0.15) is 11.8 Å². The summed E-state index contributed by atoms with van der Waals surface area (Å²) in [6.45, 7) is 5.08. The Hall–Kier alpha value is -1.59. The van der Waals surface area contributed by atoms with Gasteiger partial charge < -0.3 is 15.4 Å². The molecular formula is C15H19N3OS.